The fourth-order valence-electron chi connectivity index (χ4n) is 3.29. The molecule has 29 heavy (non-hydrogen) atoms. The Hall–Kier alpha value is -1.83. The first-order valence-corrected chi connectivity index (χ1v) is 11.9. The second-order valence-corrected chi connectivity index (χ2v) is 9.91. The van der Waals surface area contributed by atoms with Crippen LogP contribution in [-0.2, 0) is 11.2 Å². The lowest BCUT2D eigenvalue weighted by Crippen LogP contribution is -2.50. The second-order valence-electron chi connectivity index (χ2n) is 7.48. The van der Waals surface area contributed by atoms with Crippen LogP contribution < -0.4 is 5.32 Å². The average molecular weight is 432 g/mol. The number of hydrogen-bond donors (Lipinski definition) is 1. The number of amides is 2. The van der Waals surface area contributed by atoms with Crippen molar-refractivity contribution in [3.63, 3.8) is 0 Å². The van der Waals surface area contributed by atoms with Crippen LogP contribution >= 0.6 is 23.1 Å². The van der Waals surface area contributed by atoms with Crippen LogP contribution in [-0.4, -0.2) is 66.1 Å². The van der Waals surface area contributed by atoms with E-state index in [4.69, 9.17) is 0 Å². The summed E-state index contributed by atoms with van der Waals surface area (Å²) in [6.45, 7) is 9.00. The number of thioether (sulfide) groups is 1. The van der Waals surface area contributed by atoms with Crippen LogP contribution in [0.2, 0.25) is 0 Å². The Kier molecular flexibility index (Phi) is 8.15. The Morgan fingerprint density at radius 2 is 1.83 bits per heavy atom. The monoisotopic (exact) mass is 431 g/mol. The Morgan fingerprint density at radius 3 is 2.45 bits per heavy atom. The molecule has 1 fully saturated rings. The van der Waals surface area contributed by atoms with Crippen molar-refractivity contribution in [1.29, 1.82) is 0 Å². The third-order valence-corrected chi connectivity index (χ3v) is 6.57. The minimum absolute atomic E-state index is 0.0159. The zero-order valence-corrected chi connectivity index (χ0v) is 18.7. The van der Waals surface area contributed by atoms with Gasteiger partial charge in [0.2, 0.25) is 5.91 Å². The van der Waals surface area contributed by atoms with Gasteiger partial charge in [0.05, 0.1) is 6.42 Å². The number of nitrogens with zero attached hydrogens (tertiary/aromatic N) is 2. The first kappa shape index (κ1) is 21.9. The summed E-state index contributed by atoms with van der Waals surface area (Å²) < 4.78 is 0. The van der Waals surface area contributed by atoms with E-state index in [0.717, 1.165) is 43.9 Å². The summed E-state index contributed by atoms with van der Waals surface area (Å²) in [6, 6.07) is 10.2. The van der Waals surface area contributed by atoms with E-state index in [-0.39, 0.29) is 11.8 Å². The number of piperazine rings is 1. The van der Waals surface area contributed by atoms with Gasteiger partial charge in [-0.05, 0) is 29.1 Å². The molecule has 0 bridgehead atoms. The number of carbonyl (C=O) groups excluding carboxylic acids is 2. The van der Waals surface area contributed by atoms with Crippen LogP contribution in [0.25, 0.3) is 0 Å². The average Bonchev–Trinajstić information content (AvgIpc) is 3.24. The van der Waals surface area contributed by atoms with Gasteiger partial charge in [0.1, 0.15) is 0 Å². The topological polar surface area (TPSA) is 52.7 Å². The van der Waals surface area contributed by atoms with Crippen molar-refractivity contribution >= 4 is 34.9 Å². The normalized spacial score (nSPS) is 14.9. The van der Waals surface area contributed by atoms with Crippen molar-refractivity contribution < 1.29 is 9.59 Å². The first-order valence-electron chi connectivity index (χ1n) is 10.1. The molecule has 0 spiro atoms. The van der Waals surface area contributed by atoms with Crippen LogP contribution in [0.15, 0.2) is 46.0 Å². The molecule has 0 radical (unpaired) electrons. The van der Waals surface area contributed by atoms with Gasteiger partial charge in [-0.1, -0.05) is 26.0 Å². The lowest BCUT2D eigenvalue weighted by Gasteiger charge is -2.34. The Morgan fingerprint density at radius 1 is 1.10 bits per heavy atom. The maximum absolute atomic E-state index is 12.6. The summed E-state index contributed by atoms with van der Waals surface area (Å²) >= 11 is 3.36. The van der Waals surface area contributed by atoms with Crippen molar-refractivity contribution in [2.45, 2.75) is 30.4 Å². The molecule has 2 heterocycles. The molecule has 0 atom stereocenters. The highest BCUT2D eigenvalue weighted by Crippen LogP contribution is 2.23. The van der Waals surface area contributed by atoms with E-state index in [1.54, 1.807) is 0 Å². The summed E-state index contributed by atoms with van der Waals surface area (Å²) in [5.41, 5.74) is 1.79. The van der Waals surface area contributed by atoms with E-state index in [2.05, 4.69) is 48.3 Å². The molecule has 2 amide bonds. The van der Waals surface area contributed by atoms with E-state index in [0.29, 0.717) is 18.2 Å². The fraction of sp³-hybridized carbons (Fsp3) is 0.455. The third kappa shape index (κ3) is 6.87. The van der Waals surface area contributed by atoms with Crippen molar-refractivity contribution in [3.05, 3.63) is 52.2 Å². The predicted octanol–water partition coefficient (Wildman–Crippen LogP) is 3.37. The smallest absolute Gasteiger partial charge is 0.252 e. The van der Waals surface area contributed by atoms with Gasteiger partial charge in [-0.15, -0.1) is 11.8 Å². The fourth-order valence-corrected chi connectivity index (χ4v) is 4.76. The molecule has 0 saturated carbocycles. The molecule has 1 aliphatic rings. The van der Waals surface area contributed by atoms with Gasteiger partial charge in [0, 0.05) is 60.4 Å². The quantitative estimate of drug-likeness (QED) is 0.651. The number of nitrogens with one attached hydrogen (secondary N) is 1. The molecule has 3 rings (SSSR count). The molecule has 1 N–H and O–H groups in total. The zero-order valence-electron chi connectivity index (χ0n) is 17.1. The van der Waals surface area contributed by atoms with Crippen molar-refractivity contribution in [1.82, 2.24) is 15.1 Å². The molecule has 1 aliphatic heterocycles. The Balaban J connectivity index is 1.36. The molecule has 2 aromatic rings. The van der Waals surface area contributed by atoms with Gasteiger partial charge in [0.15, 0.2) is 0 Å². The maximum Gasteiger partial charge on any atom is 0.252 e. The van der Waals surface area contributed by atoms with Gasteiger partial charge >= 0.3 is 0 Å². The van der Waals surface area contributed by atoms with Gasteiger partial charge in [-0.25, -0.2) is 0 Å². The summed E-state index contributed by atoms with van der Waals surface area (Å²) in [5.74, 6) is 0.178. The van der Waals surface area contributed by atoms with Crippen molar-refractivity contribution in [3.8, 4) is 0 Å². The molecular weight excluding hydrogens is 402 g/mol. The van der Waals surface area contributed by atoms with Crippen LogP contribution in [0.3, 0.4) is 0 Å². The number of rotatable bonds is 8. The minimum Gasteiger partial charge on any atom is -0.351 e. The van der Waals surface area contributed by atoms with E-state index in [9.17, 15) is 9.59 Å². The van der Waals surface area contributed by atoms with Crippen molar-refractivity contribution in [2.24, 2.45) is 0 Å². The molecular formula is C22H29N3O2S2. The second kappa shape index (κ2) is 10.8. The Labute approximate surface area is 181 Å². The Bertz CT molecular complexity index is 783. The van der Waals surface area contributed by atoms with Crippen LogP contribution in [0.4, 0.5) is 0 Å². The van der Waals surface area contributed by atoms with E-state index < -0.39 is 0 Å². The molecule has 1 aromatic heterocycles. The molecule has 1 aromatic carbocycles. The zero-order chi connectivity index (χ0) is 20.6. The summed E-state index contributed by atoms with van der Waals surface area (Å²) in [7, 11) is 0. The molecule has 5 nitrogen and oxygen atoms in total. The van der Waals surface area contributed by atoms with Gasteiger partial charge in [-0.3, -0.25) is 14.5 Å². The standard InChI is InChI=1S/C22H29N3O2S2/c1-17(2)29-20-5-3-18(4-6-20)15-21(26)25-12-10-24(11-13-25)9-8-23-22(27)19-7-14-28-16-19/h3-7,14,16-17H,8-13,15H2,1-2H3,(H,23,27). The van der Waals surface area contributed by atoms with Gasteiger partial charge in [0.25, 0.3) is 5.91 Å². The van der Waals surface area contributed by atoms with Crippen molar-refractivity contribution in [2.75, 3.05) is 39.3 Å². The van der Waals surface area contributed by atoms with E-state index >= 15 is 0 Å². The maximum atomic E-state index is 12.6. The number of thiophene rings is 1. The lowest BCUT2D eigenvalue weighted by molar-refractivity contribution is -0.132. The van der Waals surface area contributed by atoms with Crippen LogP contribution in [0.1, 0.15) is 29.8 Å². The SMILES string of the molecule is CC(C)Sc1ccc(CC(=O)N2CCN(CCNC(=O)c3ccsc3)CC2)cc1. The number of carbonyl (C=O) groups is 2. The first-order chi connectivity index (χ1) is 14.0. The molecule has 0 unspecified atom stereocenters. The lowest BCUT2D eigenvalue weighted by atomic mass is 10.1. The molecule has 0 aliphatic carbocycles. The van der Waals surface area contributed by atoms with Gasteiger partial charge in [-0.2, -0.15) is 11.3 Å². The molecule has 1 saturated heterocycles. The molecule has 7 heteroatoms. The molecule has 156 valence electrons. The minimum atomic E-state index is -0.0159. The number of hydrogen-bond acceptors (Lipinski definition) is 5. The highest BCUT2D eigenvalue weighted by atomic mass is 32.2. The summed E-state index contributed by atoms with van der Waals surface area (Å²) in [4.78, 5) is 30.1. The van der Waals surface area contributed by atoms with E-state index in [1.165, 1.54) is 16.2 Å². The largest absolute Gasteiger partial charge is 0.351 e. The summed E-state index contributed by atoms with van der Waals surface area (Å²) in [6.07, 6.45) is 0.462. The highest BCUT2D eigenvalue weighted by Gasteiger charge is 2.21. The van der Waals surface area contributed by atoms with Crippen LogP contribution in [0.5, 0.6) is 0 Å². The van der Waals surface area contributed by atoms with Gasteiger partial charge < -0.3 is 10.2 Å². The van der Waals surface area contributed by atoms with E-state index in [1.807, 2.05) is 33.5 Å². The third-order valence-electron chi connectivity index (χ3n) is 4.87. The van der Waals surface area contributed by atoms with Crippen LogP contribution in [0, 0.1) is 0 Å². The number of benzene rings is 1. The predicted molar refractivity (Wildman–Crippen MR) is 121 cm³/mol. The highest BCUT2D eigenvalue weighted by molar-refractivity contribution is 7.99. The summed E-state index contributed by atoms with van der Waals surface area (Å²) in [5, 5.41) is 7.28.